The molecule has 0 aliphatic carbocycles. The van der Waals surface area contributed by atoms with Gasteiger partial charge in [-0.1, -0.05) is 6.92 Å². The Labute approximate surface area is 103 Å². The molecule has 3 nitrogen and oxygen atoms in total. The van der Waals surface area contributed by atoms with E-state index >= 15 is 0 Å². The predicted octanol–water partition coefficient (Wildman–Crippen LogP) is 2.61. The first-order valence-electron chi connectivity index (χ1n) is 5.82. The van der Waals surface area contributed by atoms with E-state index in [2.05, 4.69) is 0 Å². The van der Waals surface area contributed by atoms with E-state index in [9.17, 15) is 4.79 Å². The van der Waals surface area contributed by atoms with Crippen LogP contribution in [0.3, 0.4) is 0 Å². The summed E-state index contributed by atoms with van der Waals surface area (Å²) in [6, 6.07) is 7.27. The number of ketones is 1. The lowest BCUT2D eigenvalue weighted by molar-refractivity contribution is 0.0710. The van der Waals surface area contributed by atoms with E-state index in [1.165, 1.54) is 0 Å². The van der Waals surface area contributed by atoms with E-state index < -0.39 is 5.54 Å². The zero-order valence-electron chi connectivity index (χ0n) is 11.3. The second kappa shape index (κ2) is 5.32. The second-order valence-electron chi connectivity index (χ2n) is 4.58. The lowest BCUT2D eigenvalue weighted by Crippen LogP contribution is -2.48. The van der Waals surface area contributed by atoms with Crippen LogP contribution in [0.1, 0.15) is 30.6 Å². The quantitative estimate of drug-likeness (QED) is 0.735. The molecule has 1 unspecified atom stereocenters. The number of benzene rings is 1. The van der Waals surface area contributed by atoms with Crippen LogP contribution in [0.2, 0.25) is 0 Å². The molecule has 0 saturated carbocycles. The van der Waals surface area contributed by atoms with Crippen molar-refractivity contribution >= 4 is 5.78 Å². The van der Waals surface area contributed by atoms with Crippen molar-refractivity contribution in [2.24, 2.45) is 0 Å². The molecule has 1 aromatic rings. The highest BCUT2D eigenvalue weighted by atomic mass is 16.5. The van der Waals surface area contributed by atoms with Gasteiger partial charge in [0.05, 0.1) is 12.6 Å². The van der Waals surface area contributed by atoms with Crippen LogP contribution in [-0.4, -0.2) is 37.4 Å². The first-order chi connectivity index (χ1) is 7.95. The Morgan fingerprint density at radius 3 is 2.18 bits per heavy atom. The number of likely N-dealkylation sites (N-methyl/N-ethyl adjacent to an activating group) is 1. The van der Waals surface area contributed by atoms with Crippen molar-refractivity contribution in [3.05, 3.63) is 29.8 Å². The molecule has 0 bridgehead atoms. The van der Waals surface area contributed by atoms with Crippen molar-refractivity contribution in [2.75, 3.05) is 21.2 Å². The van der Waals surface area contributed by atoms with Crippen molar-refractivity contribution in [2.45, 2.75) is 25.8 Å². The maximum Gasteiger partial charge on any atom is 0.182 e. The minimum absolute atomic E-state index is 0.146. The number of hydrogen-bond acceptors (Lipinski definition) is 3. The number of carbonyl (C=O) groups excluding carboxylic acids is 1. The fraction of sp³-hybridized carbons (Fsp3) is 0.500. The minimum atomic E-state index is -0.450. The fourth-order valence-electron chi connectivity index (χ4n) is 1.73. The van der Waals surface area contributed by atoms with Gasteiger partial charge in [-0.2, -0.15) is 0 Å². The highest BCUT2D eigenvalue weighted by Gasteiger charge is 2.34. The highest BCUT2D eigenvalue weighted by Crippen LogP contribution is 2.23. The molecule has 0 aliphatic rings. The van der Waals surface area contributed by atoms with E-state index in [1.807, 2.05) is 57.1 Å². The first-order valence-corrected chi connectivity index (χ1v) is 5.82. The van der Waals surface area contributed by atoms with Crippen molar-refractivity contribution in [1.82, 2.24) is 4.90 Å². The third-order valence-corrected chi connectivity index (χ3v) is 3.52. The molecule has 3 heteroatoms. The van der Waals surface area contributed by atoms with E-state index in [0.717, 1.165) is 17.7 Å². The molecule has 0 saturated heterocycles. The molecule has 0 N–H and O–H groups in total. The summed E-state index contributed by atoms with van der Waals surface area (Å²) >= 11 is 0. The largest absolute Gasteiger partial charge is 0.497 e. The Kier molecular flexibility index (Phi) is 4.29. The summed E-state index contributed by atoms with van der Waals surface area (Å²) in [6.07, 6.45) is 0.783. The van der Waals surface area contributed by atoms with Gasteiger partial charge in [0.15, 0.2) is 5.78 Å². The second-order valence-corrected chi connectivity index (χ2v) is 4.58. The molecule has 17 heavy (non-hydrogen) atoms. The number of methoxy groups -OCH3 is 1. The van der Waals surface area contributed by atoms with Crippen LogP contribution in [0.15, 0.2) is 24.3 Å². The summed E-state index contributed by atoms with van der Waals surface area (Å²) in [5.41, 5.74) is 0.276. The molecule has 0 radical (unpaired) electrons. The standard InChI is InChI=1S/C14H21NO2/c1-6-14(2,15(3)4)13(16)11-7-9-12(17-5)10-8-11/h7-10H,6H2,1-5H3. The van der Waals surface area contributed by atoms with Gasteiger partial charge in [0, 0.05) is 5.56 Å². The van der Waals surface area contributed by atoms with Gasteiger partial charge in [0.1, 0.15) is 5.75 Å². The first kappa shape index (κ1) is 13.7. The normalized spacial score (nSPS) is 14.5. The fourth-order valence-corrected chi connectivity index (χ4v) is 1.73. The van der Waals surface area contributed by atoms with E-state index in [0.29, 0.717) is 0 Å². The summed E-state index contributed by atoms with van der Waals surface area (Å²) in [4.78, 5) is 14.4. The molecular formula is C14H21NO2. The highest BCUT2D eigenvalue weighted by molar-refractivity contribution is 6.03. The molecule has 0 spiro atoms. The number of carbonyl (C=O) groups is 1. The zero-order chi connectivity index (χ0) is 13.1. The van der Waals surface area contributed by atoms with Gasteiger partial charge in [-0.3, -0.25) is 9.69 Å². The predicted molar refractivity (Wildman–Crippen MR) is 69.7 cm³/mol. The Balaban J connectivity index is 3.02. The van der Waals surface area contributed by atoms with Gasteiger partial charge < -0.3 is 4.74 Å². The van der Waals surface area contributed by atoms with Crippen LogP contribution >= 0.6 is 0 Å². The zero-order valence-corrected chi connectivity index (χ0v) is 11.3. The van der Waals surface area contributed by atoms with Gasteiger partial charge >= 0.3 is 0 Å². The summed E-state index contributed by atoms with van der Waals surface area (Å²) in [5.74, 6) is 0.914. The van der Waals surface area contributed by atoms with Crippen molar-refractivity contribution in [3.8, 4) is 5.75 Å². The van der Waals surface area contributed by atoms with Gasteiger partial charge in [-0.15, -0.1) is 0 Å². The van der Waals surface area contributed by atoms with Crippen LogP contribution in [0.5, 0.6) is 5.75 Å². The molecule has 0 fully saturated rings. The number of Topliss-reactive ketones (excluding diaryl/α,β-unsaturated/α-hetero) is 1. The third-order valence-electron chi connectivity index (χ3n) is 3.52. The summed E-state index contributed by atoms with van der Waals surface area (Å²) < 4.78 is 5.09. The lowest BCUT2D eigenvalue weighted by atomic mass is 9.87. The summed E-state index contributed by atoms with van der Waals surface area (Å²) in [7, 11) is 5.49. The van der Waals surface area contributed by atoms with Crippen molar-refractivity contribution in [1.29, 1.82) is 0 Å². The Hall–Kier alpha value is -1.35. The van der Waals surface area contributed by atoms with Crippen LogP contribution in [0.25, 0.3) is 0 Å². The molecule has 1 aromatic carbocycles. The number of ether oxygens (including phenoxy) is 1. The molecule has 0 amide bonds. The maximum atomic E-state index is 12.5. The number of rotatable bonds is 5. The smallest absolute Gasteiger partial charge is 0.182 e. The number of hydrogen-bond donors (Lipinski definition) is 0. The molecule has 1 rings (SSSR count). The lowest BCUT2D eigenvalue weighted by Gasteiger charge is -2.34. The molecular weight excluding hydrogens is 214 g/mol. The van der Waals surface area contributed by atoms with E-state index in [1.54, 1.807) is 7.11 Å². The average Bonchev–Trinajstić information content (AvgIpc) is 2.36. The monoisotopic (exact) mass is 235 g/mol. The van der Waals surface area contributed by atoms with Crippen molar-refractivity contribution < 1.29 is 9.53 Å². The molecule has 94 valence electrons. The average molecular weight is 235 g/mol. The maximum absolute atomic E-state index is 12.5. The van der Waals surface area contributed by atoms with Crippen molar-refractivity contribution in [3.63, 3.8) is 0 Å². The Morgan fingerprint density at radius 2 is 1.82 bits per heavy atom. The van der Waals surface area contributed by atoms with Gasteiger partial charge in [0.2, 0.25) is 0 Å². The van der Waals surface area contributed by atoms with E-state index in [-0.39, 0.29) is 5.78 Å². The van der Waals surface area contributed by atoms with Crippen LogP contribution in [0, 0.1) is 0 Å². The molecule has 1 atom stereocenters. The third kappa shape index (κ3) is 2.67. The SMILES string of the molecule is CCC(C)(C(=O)c1ccc(OC)cc1)N(C)C. The van der Waals surface area contributed by atoms with E-state index in [4.69, 9.17) is 4.74 Å². The number of nitrogens with zero attached hydrogens (tertiary/aromatic N) is 1. The Morgan fingerprint density at radius 1 is 1.29 bits per heavy atom. The van der Waals surface area contributed by atoms with Gasteiger partial charge in [0.25, 0.3) is 0 Å². The topological polar surface area (TPSA) is 29.5 Å². The minimum Gasteiger partial charge on any atom is -0.497 e. The van der Waals surface area contributed by atoms with Gasteiger partial charge in [-0.25, -0.2) is 0 Å². The van der Waals surface area contributed by atoms with Crippen LogP contribution in [0.4, 0.5) is 0 Å². The van der Waals surface area contributed by atoms with Gasteiger partial charge in [-0.05, 0) is 51.7 Å². The Bertz CT molecular complexity index is 384. The molecule has 0 heterocycles. The van der Waals surface area contributed by atoms with Crippen LogP contribution in [-0.2, 0) is 0 Å². The molecule has 0 aromatic heterocycles. The summed E-state index contributed by atoms with van der Waals surface area (Å²) in [5, 5.41) is 0. The van der Waals surface area contributed by atoms with Crippen LogP contribution < -0.4 is 4.74 Å². The summed E-state index contributed by atoms with van der Waals surface area (Å²) in [6.45, 7) is 4.00. The molecule has 0 aliphatic heterocycles.